The smallest absolute Gasteiger partial charge is 0.336 e. The van der Waals surface area contributed by atoms with E-state index in [4.69, 9.17) is 9.47 Å². The van der Waals surface area contributed by atoms with Gasteiger partial charge in [-0.3, -0.25) is 0 Å². The van der Waals surface area contributed by atoms with Gasteiger partial charge in [0.1, 0.15) is 12.7 Å². The van der Waals surface area contributed by atoms with Crippen LogP contribution < -0.4 is 0 Å². The molecular weight excluding hydrogens is 244 g/mol. The van der Waals surface area contributed by atoms with Crippen molar-refractivity contribution in [1.29, 1.82) is 0 Å². The number of ether oxygens (including phenoxy) is 2. The molecule has 1 saturated heterocycles. The molecule has 0 aromatic rings. The van der Waals surface area contributed by atoms with Gasteiger partial charge in [0.2, 0.25) is 0 Å². The van der Waals surface area contributed by atoms with Crippen LogP contribution in [0.3, 0.4) is 0 Å². The molecule has 1 aliphatic carbocycles. The first-order chi connectivity index (χ1) is 8.92. The van der Waals surface area contributed by atoms with Gasteiger partial charge in [-0.15, -0.1) is 0 Å². The van der Waals surface area contributed by atoms with Crippen molar-refractivity contribution < 1.29 is 19.4 Å². The van der Waals surface area contributed by atoms with E-state index < -0.39 is 11.7 Å². The van der Waals surface area contributed by atoms with Crippen molar-refractivity contribution in [1.82, 2.24) is 0 Å². The maximum Gasteiger partial charge on any atom is 0.336 e. The van der Waals surface area contributed by atoms with Crippen LogP contribution >= 0.6 is 0 Å². The Morgan fingerprint density at radius 3 is 3.00 bits per heavy atom. The van der Waals surface area contributed by atoms with Crippen molar-refractivity contribution >= 4 is 5.97 Å². The molecule has 0 aromatic heterocycles. The third-order valence-corrected chi connectivity index (χ3v) is 4.82. The third-order valence-electron chi connectivity index (χ3n) is 4.82. The number of hydrogen-bond donors (Lipinski definition) is 1. The van der Waals surface area contributed by atoms with Crippen molar-refractivity contribution in [2.24, 2.45) is 11.8 Å². The van der Waals surface area contributed by atoms with Gasteiger partial charge >= 0.3 is 5.97 Å². The summed E-state index contributed by atoms with van der Waals surface area (Å²) in [5.74, 6) is -0.147. The predicted molar refractivity (Wildman–Crippen MR) is 69.4 cm³/mol. The largest absolute Gasteiger partial charge is 0.459 e. The second kappa shape index (κ2) is 4.18. The number of carbonyl (C=O) groups is 1. The molecule has 0 bridgehead atoms. The molecule has 3 rings (SSSR count). The van der Waals surface area contributed by atoms with Gasteiger partial charge in [-0.25, -0.2) is 4.79 Å². The van der Waals surface area contributed by atoms with E-state index in [2.05, 4.69) is 13.5 Å². The van der Waals surface area contributed by atoms with E-state index in [1.807, 2.05) is 6.92 Å². The number of hydrogen-bond acceptors (Lipinski definition) is 4. The van der Waals surface area contributed by atoms with E-state index in [1.165, 1.54) is 0 Å². The van der Waals surface area contributed by atoms with Crippen molar-refractivity contribution in [2.45, 2.75) is 44.5 Å². The first kappa shape index (κ1) is 12.9. The fourth-order valence-electron chi connectivity index (χ4n) is 3.59. The van der Waals surface area contributed by atoms with Crippen LogP contribution in [0.5, 0.6) is 0 Å². The molecule has 3 aliphatic rings. The monoisotopic (exact) mass is 264 g/mol. The fraction of sp³-hybridized carbons (Fsp3) is 0.667. The van der Waals surface area contributed by atoms with Gasteiger partial charge in [0, 0.05) is 5.92 Å². The number of rotatable bonds is 0. The van der Waals surface area contributed by atoms with Crippen LogP contribution in [0.4, 0.5) is 0 Å². The summed E-state index contributed by atoms with van der Waals surface area (Å²) in [6.07, 6.45) is 2.39. The van der Waals surface area contributed by atoms with Crippen LogP contribution in [0.15, 0.2) is 23.8 Å². The summed E-state index contributed by atoms with van der Waals surface area (Å²) >= 11 is 0. The second-order valence-electron chi connectivity index (χ2n) is 6.12. The number of aliphatic hydroxyl groups excluding tert-OH is 1. The van der Waals surface area contributed by atoms with Gasteiger partial charge < -0.3 is 14.6 Å². The number of esters is 1. The molecule has 104 valence electrons. The van der Waals surface area contributed by atoms with Gasteiger partial charge in [-0.05, 0) is 31.8 Å². The van der Waals surface area contributed by atoms with Crippen LogP contribution in [0.2, 0.25) is 0 Å². The maximum atomic E-state index is 11.7. The molecule has 1 N–H and O–H groups in total. The Hall–Kier alpha value is -1.13. The minimum Gasteiger partial charge on any atom is -0.459 e. The lowest BCUT2D eigenvalue weighted by Crippen LogP contribution is -2.49. The van der Waals surface area contributed by atoms with E-state index in [9.17, 15) is 9.90 Å². The lowest BCUT2D eigenvalue weighted by molar-refractivity contribution is -0.140. The number of aliphatic hydroxyl groups is 1. The topological polar surface area (TPSA) is 55.8 Å². The highest BCUT2D eigenvalue weighted by molar-refractivity contribution is 5.92. The van der Waals surface area contributed by atoms with E-state index in [1.54, 1.807) is 6.08 Å². The second-order valence-corrected chi connectivity index (χ2v) is 6.12. The third kappa shape index (κ3) is 1.85. The van der Waals surface area contributed by atoms with E-state index in [0.29, 0.717) is 11.5 Å². The molecule has 1 saturated carbocycles. The standard InChI is InChI=1S/C15H20O4/c1-8-4-5-15(3)13(9(8)2)11(16)6-10-12(19-15)7-18-14(10)17/h6,8,11-13,16H,2,4-5,7H2,1,3H3/t8-,11+,12+,13-,15+/m1/s1. The Kier molecular flexibility index (Phi) is 2.84. The Morgan fingerprint density at radius 1 is 1.53 bits per heavy atom. The Labute approximate surface area is 113 Å². The number of cyclic esters (lactones) is 1. The van der Waals surface area contributed by atoms with Crippen molar-refractivity contribution in [3.63, 3.8) is 0 Å². The fourth-order valence-corrected chi connectivity index (χ4v) is 3.59. The van der Waals surface area contributed by atoms with Gasteiger partial charge in [-0.1, -0.05) is 19.1 Å². The average molecular weight is 264 g/mol. The maximum absolute atomic E-state index is 11.7. The Balaban J connectivity index is 2.02. The van der Waals surface area contributed by atoms with Crippen LogP contribution in [0, 0.1) is 11.8 Å². The van der Waals surface area contributed by atoms with E-state index in [0.717, 1.165) is 18.4 Å². The molecule has 0 unspecified atom stereocenters. The summed E-state index contributed by atoms with van der Waals surface area (Å²) in [6.45, 7) is 8.53. The van der Waals surface area contributed by atoms with Crippen LogP contribution in [0.25, 0.3) is 0 Å². The highest BCUT2D eigenvalue weighted by atomic mass is 16.6. The SMILES string of the molecule is C=C1[C@H](C)CC[C@]2(C)O[C@H]3COC(=O)C3=C[C@H](O)[C@@H]12. The highest BCUT2D eigenvalue weighted by Crippen LogP contribution is 2.47. The molecule has 0 spiro atoms. The average Bonchev–Trinajstić information content (AvgIpc) is 2.61. The molecule has 2 heterocycles. The van der Waals surface area contributed by atoms with Crippen LogP contribution in [-0.4, -0.2) is 35.5 Å². The van der Waals surface area contributed by atoms with Crippen LogP contribution in [0.1, 0.15) is 26.7 Å². The van der Waals surface area contributed by atoms with E-state index in [-0.39, 0.29) is 24.6 Å². The first-order valence-corrected chi connectivity index (χ1v) is 6.86. The Bertz CT molecular complexity index is 467. The molecule has 4 heteroatoms. The quantitative estimate of drug-likeness (QED) is 0.533. The summed E-state index contributed by atoms with van der Waals surface area (Å²) < 4.78 is 11.2. The van der Waals surface area contributed by atoms with Crippen molar-refractivity contribution in [3.8, 4) is 0 Å². The molecule has 0 radical (unpaired) electrons. The molecule has 2 fully saturated rings. The van der Waals surface area contributed by atoms with Gasteiger partial charge in [0.05, 0.1) is 17.3 Å². The molecule has 0 aromatic carbocycles. The van der Waals surface area contributed by atoms with Gasteiger partial charge in [0.15, 0.2) is 0 Å². The van der Waals surface area contributed by atoms with E-state index >= 15 is 0 Å². The van der Waals surface area contributed by atoms with Crippen LogP contribution in [-0.2, 0) is 14.3 Å². The lowest BCUT2D eigenvalue weighted by Gasteiger charge is -2.46. The minimum absolute atomic E-state index is 0.151. The molecule has 19 heavy (non-hydrogen) atoms. The summed E-state index contributed by atoms with van der Waals surface area (Å²) in [5.41, 5.74) is 1.01. The Morgan fingerprint density at radius 2 is 2.26 bits per heavy atom. The molecule has 4 nitrogen and oxygen atoms in total. The summed E-state index contributed by atoms with van der Waals surface area (Å²) in [5, 5.41) is 10.5. The van der Waals surface area contributed by atoms with Crippen molar-refractivity contribution in [3.05, 3.63) is 23.8 Å². The van der Waals surface area contributed by atoms with Gasteiger partial charge in [-0.2, -0.15) is 0 Å². The first-order valence-electron chi connectivity index (χ1n) is 6.86. The molecule has 0 amide bonds. The van der Waals surface area contributed by atoms with Crippen molar-refractivity contribution in [2.75, 3.05) is 6.61 Å². The summed E-state index contributed by atoms with van der Waals surface area (Å²) in [7, 11) is 0. The zero-order valence-electron chi connectivity index (χ0n) is 11.4. The lowest BCUT2D eigenvalue weighted by atomic mass is 9.67. The number of carbonyl (C=O) groups excluding carboxylic acids is 1. The zero-order valence-corrected chi connectivity index (χ0v) is 11.4. The molecule has 5 atom stereocenters. The minimum atomic E-state index is -0.731. The molecule has 2 aliphatic heterocycles. The number of fused-ring (bicyclic) bond motifs is 2. The molecular formula is C15H20O4. The predicted octanol–water partition coefficient (Wildman–Crippen LogP) is 1.59. The highest BCUT2D eigenvalue weighted by Gasteiger charge is 2.51. The zero-order chi connectivity index (χ0) is 13.8. The van der Waals surface area contributed by atoms with Gasteiger partial charge in [0.25, 0.3) is 0 Å². The summed E-state index contributed by atoms with van der Waals surface area (Å²) in [6, 6.07) is 0. The normalized spacial score (nSPS) is 45.9. The summed E-state index contributed by atoms with van der Waals surface area (Å²) in [4.78, 5) is 11.7.